The van der Waals surface area contributed by atoms with Gasteiger partial charge in [0, 0.05) is 6.42 Å². The van der Waals surface area contributed by atoms with E-state index in [2.05, 4.69) is 0 Å². The molecule has 0 aromatic carbocycles. The maximum absolute atomic E-state index is 10.2. The summed E-state index contributed by atoms with van der Waals surface area (Å²) in [6.07, 6.45) is 4.11. The van der Waals surface area contributed by atoms with Gasteiger partial charge in [-0.15, -0.1) is 0 Å². The van der Waals surface area contributed by atoms with Gasteiger partial charge in [-0.2, -0.15) is 0 Å². The summed E-state index contributed by atoms with van der Waals surface area (Å²) in [5, 5.41) is 8.42. The molecule has 0 aromatic rings. The van der Waals surface area contributed by atoms with E-state index in [0.29, 0.717) is 12.3 Å². The Hall–Kier alpha value is -0.530. The molecule has 0 saturated heterocycles. The molecule has 0 radical (unpaired) electrons. The van der Waals surface area contributed by atoms with Crippen molar-refractivity contribution in [3.05, 3.63) is 0 Å². The minimum absolute atomic E-state index is 0.344. The minimum atomic E-state index is -0.659. The maximum Gasteiger partial charge on any atom is 0.303 e. The largest absolute Gasteiger partial charge is 0.481 e. The topological polar surface area (TPSA) is 37.3 Å². The lowest BCUT2D eigenvalue weighted by atomic mass is 10.0. The van der Waals surface area contributed by atoms with Gasteiger partial charge in [-0.05, 0) is 18.3 Å². The Morgan fingerprint density at radius 2 is 2.30 bits per heavy atom. The molecule has 1 aliphatic carbocycles. The molecule has 10 heavy (non-hydrogen) atoms. The van der Waals surface area contributed by atoms with Gasteiger partial charge in [0.05, 0.1) is 0 Å². The van der Waals surface area contributed by atoms with E-state index >= 15 is 0 Å². The van der Waals surface area contributed by atoms with Gasteiger partial charge in [0.1, 0.15) is 0 Å². The standard InChI is InChI=1S/C8H14O2/c1-6(5-8(9)10)4-7-2-3-7/h6-7H,2-5H2,1H3,(H,9,10). The highest BCUT2D eigenvalue weighted by Crippen LogP contribution is 2.35. The van der Waals surface area contributed by atoms with Crippen LogP contribution in [0.5, 0.6) is 0 Å². The molecule has 0 aromatic heterocycles. The lowest BCUT2D eigenvalue weighted by molar-refractivity contribution is -0.138. The Morgan fingerprint density at radius 1 is 1.70 bits per heavy atom. The Kier molecular flexibility index (Phi) is 2.30. The molecule has 2 heteroatoms. The number of carboxylic acids is 1. The third kappa shape index (κ3) is 2.85. The average Bonchev–Trinajstić information content (AvgIpc) is 2.46. The number of hydrogen-bond acceptors (Lipinski definition) is 1. The summed E-state index contributed by atoms with van der Waals surface area (Å²) in [4.78, 5) is 10.2. The van der Waals surface area contributed by atoms with Crippen LogP contribution in [0.25, 0.3) is 0 Å². The van der Waals surface area contributed by atoms with E-state index in [4.69, 9.17) is 5.11 Å². The zero-order valence-electron chi connectivity index (χ0n) is 6.34. The van der Waals surface area contributed by atoms with E-state index in [1.54, 1.807) is 0 Å². The summed E-state index contributed by atoms with van der Waals surface area (Å²) in [6, 6.07) is 0. The molecule has 0 spiro atoms. The molecule has 0 aliphatic heterocycles. The molecule has 1 rings (SSSR count). The number of aliphatic carboxylic acids is 1. The molecule has 1 N–H and O–H groups in total. The zero-order valence-corrected chi connectivity index (χ0v) is 6.34. The molecule has 1 aliphatic rings. The van der Waals surface area contributed by atoms with Crippen molar-refractivity contribution in [2.24, 2.45) is 11.8 Å². The first-order valence-corrected chi connectivity index (χ1v) is 3.90. The van der Waals surface area contributed by atoms with E-state index in [0.717, 1.165) is 12.3 Å². The molecule has 1 atom stereocenters. The number of hydrogen-bond donors (Lipinski definition) is 1. The van der Waals surface area contributed by atoms with Crippen LogP contribution in [-0.4, -0.2) is 11.1 Å². The van der Waals surface area contributed by atoms with Crippen LogP contribution >= 0.6 is 0 Å². The molecule has 0 heterocycles. The fraction of sp³-hybridized carbons (Fsp3) is 0.875. The van der Waals surface area contributed by atoms with E-state index in [1.807, 2.05) is 6.92 Å². The highest BCUT2D eigenvalue weighted by Gasteiger charge is 2.24. The summed E-state index contributed by atoms with van der Waals surface area (Å²) >= 11 is 0. The molecule has 1 fully saturated rings. The van der Waals surface area contributed by atoms with Crippen LogP contribution in [0, 0.1) is 11.8 Å². The Balaban J connectivity index is 2.07. The SMILES string of the molecule is CC(CC(=O)O)CC1CC1. The first-order valence-electron chi connectivity index (χ1n) is 3.90. The van der Waals surface area contributed by atoms with Gasteiger partial charge >= 0.3 is 5.97 Å². The highest BCUT2D eigenvalue weighted by molar-refractivity contribution is 5.66. The Morgan fingerprint density at radius 3 is 2.70 bits per heavy atom. The predicted molar refractivity (Wildman–Crippen MR) is 38.8 cm³/mol. The van der Waals surface area contributed by atoms with Gasteiger partial charge < -0.3 is 5.11 Å². The molecule has 0 amide bonds. The fourth-order valence-electron chi connectivity index (χ4n) is 1.30. The quantitative estimate of drug-likeness (QED) is 0.650. The highest BCUT2D eigenvalue weighted by atomic mass is 16.4. The average molecular weight is 142 g/mol. The molecule has 2 nitrogen and oxygen atoms in total. The second kappa shape index (κ2) is 3.04. The first kappa shape index (κ1) is 7.58. The molecular formula is C8H14O2. The van der Waals surface area contributed by atoms with Crippen molar-refractivity contribution in [1.82, 2.24) is 0 Å². The predicted octanol–water partition coefficient (Wildman–Crippen LogP) is 1.90. The summed E-state index contributed by atoms with van der Waals surface area (Å²) in [5.41, 5.74) is 0. The molecule has 1 unspecified atom stereocenters. The van der Waals surface area contributed by atoms with Crippen LogP contribution < -0.4 is 0 Å². The molecule has 58 valence electrons. The molecule has 1 saturated carbocycles. The summed E-state index contributed by atoms with van der Waals surface area (Å²) in [7, 11) is 0. The zero-order chi connectivity index (χ0) is 7.56. The minimum Gasteiger partial charge on any atom is -0.481 e. The Bertz CT molecular complexity index is 127. The normalized spacial score (nSPS) is 20.5. The monoisotopic (exact) mass is 142 g/mol. The van der Waals surface area contributed by atoms with Crippen LogP contribution in [-0.2, 0) is 4.79 Å². The van der Waals surface area contributed by atoms with Crippen LogP contribution in [0.2, 0.25) is 0 Å². The van der Waals surface area contributed by atoms with Crippen LogP contribution in [0.4, 0.5) is 0 Å². The van der Waals surface area contributed by atoms with Crippen molar-refractivity contribution in [2.75, 3.05) is 0 Å². The molecular weight excluding hydrogens is 128 g/mol. The number of carbonyl (C=O) groups is 1. The van der Waals surface area contributed by atoms with E-state index in [1.165, 1.54) is 12.8 Å². The van der Waals surface area contributed by atoms with Gasteiger partial charge in [0.15, 0.2) is 0 Å². The van der Waals surface area contributed by atoms with Crippen molar-refractivity contribution >= 4 is 5.97 Å². The molecule has 0 bridgehead atoms. The fourth-order valence-corrected chi connectivity index (χ4v) is 1.30. The smallest absolute Gasteiger partial charge is 0.303 e. The third-order valence-electron chi connectivity index (χ3n) is 1.96. The maximum atomic E-state index is 10.2. The van der Waals surface area contributed by atoms with E-state index in [-0.39, 0.29) is 0 Å². The van der Waals surface area contributed by atoms with Crippen molar-refractivity contribution in [3.63, 3.8) is 0 Å². The van der Waals surface area contributed by atoms with Crippen molar-refractivity contribution in [1.29, 1.82) is 0 Å². The summed E-state index contributed by atoms with van der Waals surface area (Å²) in [5.74, 6) is 0.576. The third-order valence-corrected chi connectivity index (χ3v) is 1.96. The van der Waals surface area contributed by atoms with Gasteiger partial charge in [-0.1, -0.05) is 19.8 Å². The Labute approximate surface area is 61.2 Å². The van der Waals surface area contributed by atoms with Gasteiger partial charge in [-0.25, -0.2) is 0 Å². The van der Waals surface area contributed by atoms with Gasteiger partial charge in [0.2, 0.25) is 0 Å². The van der Waals surface area contributed by atoms with Crippen LogP contribution in [0.15, 0.2) is 0 Å². The van der Waals surface area contributed by atoms with E-state index < -0.39 is 5.97 Å². The first-order chi connectivity index (χ1) is 4.68. The second-order valence-electron chi connectivity index (χ2n) is 3.38. The number of carboxylic acid groups (broad SMARTS) is 1. The van der Waals surface area contributed by atoms with Crippen LogP contribution in [0.1, 0.15) is 32.6 Å². The van der Waals surface area contributed by atoms with Crippen molar-refractivity contribution in [2.45, 2.75) is 32.6 Å². The number of rotatable bonds is 4. The van der Waals surface area contributed by atoms with Crippen molar-refractivity contribution in [3.8, 4) is 0 Å². The van der Waals surface area contributed by atoms with Crippen LogP contribution in [0.3, 0.4) is 0 Å². The van der Waals surface area contributed by atoms with Gasteiger partial charge in [0.25, 0.3) is 0 Å². The lowest BCUT2D eigenvalue weighted by Gasteiger charge is -2.05. The van der Waals surface area contributed by atoms with Crippen molar-refractivity contribution < 1.29 is 9.90 Å². The van der Waals surface area contributed by atoms with E-state index in [9.17, 15) is 4.79 Å². The second-order valence-corrected chi connectivity index (χ2v) is 3.38. The summed E-state index contributed by atoms with van der Waals surface area (Å²) in [6.45, 7) is 2.02. The lowest BCUT2D eigenvalue weighted by Crippen LogP contribution is -2.04. The van der Waals surface area contributed by atoms with Gasteiger partial charge in [-0.3, -0.25) is 4.79 Å². The summed E-state index contributed by atoms with van der Waals surface area (Å²) < 4.78 is 0.